The second-order valence-corrected chi connectivity index (χ2v) is 6.92. The number of anilines is 1. The maximum absolute atomic E-state index is 12.5. The van der Waals surface area contributed by atoms with Crippen LogP contribution in [0.3, 0.4) is 0 Å². The van der Waals surface area contributed by atoms with E-state index in [1.165, 1.54) is 25.6 Å². The van der Waals surface area contributed by atoms with Gasteiger partial charge in [-0.15, -0.1) is 11.3 Å². The van der Waals surface area contributed by atoms with Crippen molar-refractivity contribution >= 4 is 28.8 Å². The van der Waals surface area contributed by atoms with Gasteiger partial charge in [0.2, 0.25) is 0 Å². The second kappa shape index (κ2) is 8.58. The monoisotopic (exact) mass is 397 g/mol. The van der Waals surface area contributed by atoms with Crippen LogP contribution < -0.4 is 14.8 Å². The average Bonchev–Trinajstić information content (AvgIpc) is 3.16. The molecule has 3 rings (SSSR count). The first kappa shape index (κ1) is 19.4. The van der Waals surface area contributed by atoms with Gasteiger partial charge in [0.15, 0.2) is 17.3 Å². The van der Waals surface area contributed by atoms with Crippen molar-refractivity contribution in [2.75, 3.05) is 26.1 Å². The van der Waals surface area contributed by atoms with Crippen molar-refractivity contribution in [2.24, 2.45) is 0 Å². The van der Waals surface area contributed by atoms with Gasteiger partial charge in [-0.05, 0) is 29.8 Å². The van der Waals surface area contributed by atoms with Crippen LogP contribution in [0.25, 0.3) is 10.4 Å². The number of hydrogen-bond donors (Lipinski definition) is 2. The standard InChI is InChI=1S/C21H19NO5S/c1-26-17-9-8-14(10-18(17)27-2)16(23)12-22-15-11-19(28-20(15)21(24)25)13-6-4-3-5-7-13/h3-11,22H,12H2,1-2H3,(H,24,25). The molecule has 0 atom stereocenters. The average molecular weight is 397 g/mol. The Bertz CT molecular complexity index is 997. The fourth-order valence-electron chi connectivity index (χ4n) is 2.71. The van der Waals surface area contributed by atoms with E-state index in [2.05, 4.69) is 5.32 Å². The summed E-state index contributed by atoms with van der Waals surface area (Å²) in [5.74, 6) is -0.231. The lowest BCUT2D eigenvalue weighted by Crippen LogP contribution is -2.15. The van der Waals surface area contributed by atoms with Crippen molar-refractivity contribution in [3.63, 3.8) is 0 Å². The number of Topliss-reactive ketones (excluding diaryl/α,β-unsaturated/α-hetero) is 1. The number of rotatable bonds is 8. The Hall–Kier alpha value is -3.32. The predicted octanol–water partition coefficient (Wildman–Crippen LogP) is 4.43. The van der Waals surface area contributed by atoms with Crippen LogP contribution in [0, 0.1) is 0 Å². The van der Waals surface area contributed by atoms with Crippen molar-refractivity contribution in [1.29, 1.82) is 0 Å². The second-order valence-electron chi connectivity index (χ2n) is 5.87. The number of methoxy groups -OCH3 is 2. The first-order valence-electron chi connectivity index (χ1n) is 8.45. The number of ketones is 1. The molecule has 1 aromatic heterocycles. The molecule has 144 valence electrons. The summed E-state index contributed by atoms with van der Waals surface area (Å²) in [7, 11) is 3.02. The highest BCUT2D eigenvalue weighted by Gasteiger charge is 2.18. The molecule has 0 saturated heterocycles. The number of carbonyl (C=O) groups excluding carboxylic acids is 1. The molecule has 0 amide bonds. The lowest BCUT2D eigenvalue weighted by atomic mass is 10.1. The molecule has 0 unspecified atom stereocenters. The van der Waals surface area contributed by atoms with Gasteiger partial charge in [0.25, 0.3) is 0 Å². The van der Waals surface area contributed by atoms with E-state index in [-0.39, 0.29) is 17.2 Å². The van der Waals surface area contributed by atoms with Gasteiger partial charge in [-0.25, -0.2) is 4.79 Å². The van der Waals surface area contributed by atoms with Gasteiger partial charge in [0.1, 0.15) is 4.88 Å². The number of benzene rings is 2. The largest absolute Gasteiger partial charge is 0.493 e. The lowest BCUT2D eigenvalue weighted by molar-refractivity contribution is 0.0702. The lowest BCUT2D eigenvalue weighted by Gasteiger charge is -2.10. The molecule has 0 fully saturated rings. The highest BCUT2D eigenvalue weighted by molar-refractivity contribution is 7.18. The third kappa shape index (κ3) is 4.15. The van der Waals surface area contributed by atoms with E-state index < -0.39 is 5.97 Å². The SMILES string of the molecule is COc1ccc(C(=O)CNc2cc(-c3ccccc3)sc2C(=O)O)cc1OC. The first-order valence-corrected chi connectivity index (χ1v) is 9.26. The number of ether oxygens (including phenoxy) is 2. The van der Waals surface area contributed by atoms with E-state index >= 15 is 0 Å². The van der Waals surface area contributed by atoms with Crippen molar-refractivity contribution in [2.45, 2.75) is 0 Å². The van der Waals surface area contributed by atoms with Crippen molar-refractivity contribution in [3.05, 3.63) is 65.0 Å². The van der Waals surface area contributed by atoms with Gasteiger partial charge < -0.3 is 19.9 Å². The molecule has 6 nitrogen and oxygen atoms in total. The number of thiophene rings is 1. The van der Waals surface area contributed by atoms with Crippen LogP contribution in [0.2, 0.25) is 0 Å². The molecule has 7 heteroatoms. The quantitative estimate of drug-likeness (QED) is 0.547. The number of hydrogen-bond acceptors (Lipinski definition) is 6. The molecule has 3 aromatic rings. The van der Waals surface area contributed by atoms with Gasteiger partial charge in [0.05, 0.1) is 26.5 Å². The van der Waals surface area contributed by atoms with E-state index in [1.54, 1.807) is 24.3 Å². The molecule has 0 spiro atoms. The molecule has 0 aliphatic rings. The topological polar surface area (TPSA) is 84.9 Å². The summed E-state index contributed by atoms with van der Waals surface area (Å²) in [6.45, 7) is -0.0409. The molecule has 2 N–H and O–H groups in total. The third-order valence-corrected chi connectivity index (χ3v) is 5.30. The van der Waals surface area contributed by atoms with Gasteiger partial charge in [-0.3, -0.25) is 4.79 Å². The van der Waals surface area contributed by atoms with Crippen LogP contribution in [-0.2, 0) is 0 Å². The molecule has 0 aliphatic heterocycles. The van der Waals surface area contributed by atoms with E-state index in [1.807, 2.05) is 30.3 Å². The maximum Gasteiger partial charge on any atom is 0.348 e. The summed E-state index contributed by atoms with van der Waals surface area (Å²) in [4.78, 5) is 25.1. The van der Waals surface area contributed by atoms with Crippen molar-refractivity contribution in [1.82, 2.24) is 0 Å². The highest BCUT2D eigenvalue weighted by Crippen LogP contribution is 2.35. The molecule has 1 heterocycles. The van der Waals surface area contributed by atoms with Crippen molar-refractivity contribution in [3.8, 4) is 21.9 Å². The van der Waals surface area contributed by atoms with Gasteiger partial charge in [-0.2, -0.15) is 0 Å². The van der Waals surface area contributed by atoms with Gasteiger partial charge >= 0.3 is 5.97 Å². The summed E-state index contributed by atoms with van der Waals surface area (Å²) >= 11 is 1.17. The Morgan fingerprint density at radius 1 is 1.00 bits per heavy atom. The smallest absolute Gasteiger partial charge is 0.348 e. The summed E-state index contributed by atoms with van der Waals surface area (Å²) in [6.07, 6.45) is 0. The molecule has 2 aromatic carbocycles. The Morgan fingerprint density at radius 2 is 1.71 bits per heavy atom. The third-order valence-electron chi connectivity index (χ3n) is 4.13. The Morgan fingerprint density at radius 3 is 2.36 bits per heavy atom. The summed E-state index contributed by atoms with van der Waals surface area (Å²) in [5.41, 5.74) is 1.79. The minimum absolute atomic E-state index is 0.0409. The molecule has 0 saturated carbocycles. The van der Waals surface area contributed by atoms with E-state index in [0.29, 0.717) is 22.7 Å². The summed E-state index contributed by atoms with van der Waals surface area (Å²) in [5, 5.41) is 12.4. The highest BCUT2D eigenvalue weighted by atomic mass is 32.1. The molecule has 0 aliphatic carbocycles. The fourth-order valence-corrected chi connectivity index (χ4v) is 3.69. The number of carbonyl (C=O) groups is 2. The van der Waals surface area contributed by atoms with Crippen LogP contribution in [0.1, 0.15) is 20.0 Å². The Labute approximate surface area is 166 Å². The molecular formula is C21H19NO5S. The van der Waals surface area contributed by atoms with Gasteiger partial charge in [0, 0.05) is 10.4 Å². The summed E-state index contributed by atoms with van der Waals surface area (Å²) in [6, 6.07) is 16.2. The number of aromatic carboxylic acids is 1. The minimum atomic E-state index is -1.03. The zero-order valence-electron chi connectivity index (χ0n) is 15.4. The van der Waals surface area contributed by atoms with Crippen molar-refractivity contribution < 1.29 is 24.2 Å². The Kier molecular flexibility index (Phi) is 5.96. The van der Waals surface area contributed by atoms with Crippen LogP contribution in [0.5, 0.6) is 11.5 Å². The van der Waals surface area contributed by atoms with Crippen LogP contribution in [0.4, 0.5) is 5.69 Å². The number of carboxylic acid groups (broad SMARTS) is 1. The van der Waals surface area contributed by atoms with Crippen LogP contribution in [0.15, 0.2) is 54.6 Å². The van der Waals surface area contributed by atoms with E-state index in [9.17, 15) is 14.7 Å². The zero-order valence-corrected chi connectivity index (χ0v) is 16.2. The van der Waals surface area contributed by atoms with Crippen LogP contribution in [-0.4, -0.2) is 37.6 Å². The molecular weight excluding hydrogens is 378 g/mol. The fraction of sp³-hybridized carbons (Fsp3) is 0.143. The minimum Gasteiger partial charge on any atom is -0.493 e. The van der Waals surface area contributed by atoms with E-state index in [0.717, 1.165) is 10.4 Å². The zero-order chi connectivity index (χ0) is 20.1. The van der Waals surface area contributed by atoms with Crippen LogP contribution >= 0.6 is 11.3 Å². The predicted molar refractivity (Wildman–Crippen MR) is 109 cm³/mol. The molecule has 0 bridgehead atoms. The van der Waals surface area contributed by atoms with Gasteiger partial charge in [-0.1, -0.05) is 30.3 Å². The normalized spacial score (nSPS) is 10.4. The van der Waals surface area contributed by atoms with E-state index in [4.69, 9.17) is 9.47 Å². The first-order chi connectivity index (χ1) is 13.5. The number of carboxylic acids is 1. The molecule has 28 heavy (non-hydrogen) atoms. The number of nitrogens with one attached hydrogen (secondary N) is 1. The Balaban J connectivity index is 1.79. The summed E-state index contributed by atoms with van der Waals surface area (Å²) < 4.78 is 10.4. The maximum atomic E-state index is 12.5. The molecule has 0 radical (unpaired) electrons.